The Morgan fingerprint density at radius 1 is 1.32 bits per heavy atom. The molecule has 112 valence electrons. The Kier molecular flexibility index (Phi) is 6.80. The lowest BCUT2D eigenvalue weighted by molar-refractivity contribution is -0.146. The number of rotatable bonds is 8. The number of carbonyl (C=O) groups is 1. The van der Waals surface area contributed by atoms with E-state index in [1.807, 2.05) is 6.92 Å². The number of carbonyl (C=O) groups excluding carboxylic acids is 1. The first-order valence-electron chi connectivity index (χ1n) is 7.63. The molecule has 1 aliphatic rings. The van der Waals surface area contributed by atoms with Crippen LogP contribution in [0.3, 0.4) is 0 Å². The molecule has 0 amide bonds. The van der Waals surface area contributed by atoms with Gasteiger partial charge in [0.2, 0.25) is 0 Å². The molecule has 1 aliphatic carbocycles. The van der Waals surface area contributed by atoms with Crippen LogP contribution < -0.4 is 5.32 Å². The summed E-state index contributed by atoms with van der Waals surface area (Å²) >= 11 is 0. The van der Waals surface area contributed by atoms with Gasteiger partial charge in [-0.1, -0.05) is 26.2 Å². The van der Waals surface area contributed by atoms with Crippen LogP contribution in [0.4, 0.5) is 0 Å². The zero-order valence-electron chi connectivity index (χ0n) is 13.0. The summed E-state index contributed by atoms with van der Waals surface area (Å²) in [5, 5.41) is 3.45. The third-order valence-corrected chi connectivity index (χ3v) is 4.31. The minimum Gasteiger partial charge on any atom is -0.465 e. The fourth-order valence-corrected chi connectivity index (χ4v) is 2.96. The molecule has 1 fully saturated rings. The predicted molar refractivity (Wildman–Crippen MR) is 78.2 cm³/mol. The van der Waals surface area contributed by atoms with Crippen molar-refractivity contribution < 1.29 is 9.53 Å². The molecule has 0 aromatic rings. The van der Waals surface area contributed by atoms with Crippen LogP contribution in [0, 0.1) is 0 Å². The fourth-order valence-electron chi connectivity index (χ4n) is 2.96. The first-order valence-corrected chi connectivity index (χ1v) is 7.63. The van der Waals surface area contributed by atoms with Crippen LogP contribution in [-0.2, 0) is 9.53 Å². The SMILES string of the molecule is CCCC(NCC1(N(C)C)CCCC1)C(=O)OCC. The zero-order chi connectivity index (χ0) is 14.3. The third-order valence-electron chi connectivity index (χ3n) is 4.31. The van der Waals surface area contributed by atoms with E-state index in [0.717, 1.165) is 19.4 Å². The van der Waals surface area contributed by atoms with Crippen LogP contribution in [0.5, 0.6) is 0 Å². The number of nitrogens with zero attached hydrogens (tertiary/aromatic N) is 1. The van der Waals surface area contributed by atoms with Crippen molar-refractivity contribution >= 4 is 5.97 Å². The van der Waals surface area contributed by atoms with Crippen LogP contribution in [0.15, 0.2) is 0 Å². The third kappa shape index (κ3) is 4.46. The normalized spacial score (nSPS) is 19.6. The molecule has 0 bridgehead atoms. The molecule has 0 aromatic carbocycles. The molecule has 0 radical (unpaired) electrons. The van der Waals surface area contributed by atoms with Crippen molar-refractivity contribution in [1.29, 1.82) is 0 Å². The van der Waals surface area contributed by atoms with Crippen LogP contribution >= 0.6 is 0 Å². The second kappa shape index (κ2) is 7.85. The quantitative estimate of drug-likeness (QED) is 0.686. The molecule has 0 saturated heterocycles. The van der Waals surface area contributed by atoms with Gasteiger partial charge in [0.05, 0.1) is 6.61 Å². The molecule has 1 rings (SSSR count). The van der Waals surface area contributed by atoms with Crippen LogP contribution in [0.2, 0.25) is 0 Å². The number of likely N-dealkylation sites (N-methyl/N-ethyl adjacent to an activating group) is 1. The standard InChI is InChI=1S/C15H30N2O2/c1-5-9-13(14(18)19-6-2)16-12-15(17(3)4)10-7-8-11-15/h13,16H,5-12H2,1-4H3. The minimum absolute atomic E-state index is 0.101. The van der Waals surface area contributed by atoms with Gasteiger partial charge in [0.1, 0.15) is 6.04 Å². The average molecular weight is 270 g/mol. The van der Waals surface area contributed by atoms with Gasteiger partial charge < -0.3 is 15.0 Å². The van der Waals surface area contributed by atoms with Crippen molar-refractivity contribution in [2.45, 2.75) is 64.0 Å². The lowest BCUT2D eigenvalue weighted by atomic mass is 9.95. The van der Waals surface area contributed by atoms with Crippen molar-refractivity contribution in [3.63, 3.8) is 0 Å². The Bertz CT molecular complexity index is 273. The van der Waals surface area contributed by atoms with Crippen molar-refractivity contribution in [2.24, 2.45) is 0 Å². The van der Waals surface area contributed by atoms with Gasteiger partial charge in [-0.3, -0.25) is 4.79 Å². The van der Waals surface area contributed by atoms with Crippen LogP contribution in [0.1, 0.15) is 52.4 Å². The van der Waals surface area contributed by atoms with Gasteiger partial charge in [0, 0.05) is 12.1 Å². The summed E-state index contributed by atoms with van der Waals surface area (Å²) in [5.41, 5.74) is 0.221. The number of hydrogen-bond acceptors (Lipinski definition) is 4. The molecular formula is C15H30N2O2. The molecule has 19 heavy (non-hydrogen) atoms. The molecule has 1 atom stereocenters. The van der Waals surface area contributed by atoms with E-state index >= 15 is 0 Å². The molecule has 0 spiro atoms. The van der Waals surface area contributed by atoms with Crippen LogP contribution in [-0.4, -0.2) is 49.7 Å². The van der Waals surface area contributed by atoms with E-state index < -0.39 is 0 Å². The molecule has 4 nitrogen and oxygen atoms in total. The Labute approximate surface area is 117 Å². The Morgan fingerprint density at radius 2 is 1.95 bits per heavy atom. The number of ether oxygens (including phenoxy) is 1. The van der Waals surface area contributed by atoms with Gasteiger partial charge in [-0.2, -0.15) is 0 Å². The Hall–Kier alpha value is -0.610. The highest BCUT2D eigenvalue weighted by Gasteiger charge is 2.36. The summed E-state index contributed by atoms with van der Waals surface area (Å²) in [7, 11) is 4.29. The van der Waals surface area contributed by atoms with E-state index in [1.165, 1.54) is 25.7 Å². The van der Waals surface area contributed by atoms with Gasteiger partial charge in [0.15, 0.2) is 0 Å². The Morgan fingerprint density at radius 3 is 2.42 bits per heavy atom. The maximum Gasteiger partial charge on any atom is 0.323 e. The lowest BCUT2D eigenvalue weighted by Crippen LogP contribution is -2.53. The summed E-state index contributed by atoms with van der Waals surface area (Å²) in [6, 6.07) is -0.151. The summed E-state index contributed by atoms with van der Waals surface area (Å²) < 4.78 is 5.15. The summed E-state index contributed by atoms with van der Waals surface area (Å²) in [6.45, 7) is 5.30. The van der Waals surface area contributed by atoms with Crippen molar-refractivity contribution in [1.82, 2.24) is 10.2 Å². The monoisotopic (exact) mass is 270 g/mol. The topological polar surface area (TPSA) is 41.6 Å². The van der Waals surface area contributed by atoms with Gasteiger partial charge in [-0.15, -0.1) is 0 Å². The molecule has 1 unspecified atom stereocenters. The van der Waals surface area contributed by atoms with E-state index in [2.05, 4.69) is 31.2 Å². The van der Waals surface area contributed by atoms with Gasteiger partial charge in [-0.05, 0) is 40.3 Å². The largest absolute Gasteiger partial charge is 0.465 e. The minimum atomic E-state index is -0.151. The van der Waals surface area contributed by atoms with E-state index in [-0.39, 0.29) is 17.6 Å². The summed E-state index contributed by atoms with van der Waals surface area (Å²) in [4.78, 5) is 14.2. The number of nitrogens with one attached hydrogen (secondary N) is 1. The summed E-state index contributed by atoms with van der Waals surface area (Å²) in [5.74, 6) is -0.101. The first-order chi connectivity index (χ1) is 9.05. The average Bonchev–Trinajstić information content (AvgIpc) is 2.84. The van der Waals surface area contributed by atoms with E-state index in [4.69, 9.17) is 4.74 Å². The number of esters is 1. The van der Waals surface area contributed by atoms with E-state index in [0.29, 0.717) is 6.61 Å². The zero-order valence-corrected chi connectivity index (χ0v) is 13.0. The van der Waals surface area contributed by atoms with Gasteiger partial charge >= 0.3 is 5.97 Å². The van der Waals surface area contributed by atoms with E-state index in [9.17, 15) is 4.79 Å². The smallest absolute Gasteiger partial charge is 0.323 e. The highest BCUT2D eigenvalue weighted by atomic mass is 16.5. The van der Waals surface area contributed by atoms with Crippen LogP contribution in [0.25, 0.3) is 0 Å². The van der Waals surface area contributed by atoms with E-state index in [1.54, 1.807) is 0 Å². The molecule has 4 heteroatoms. The van der Waals surface area contributed by atoms with Crippen molar-refractivity contribution in [3.05, 3.63) is 0 Å². The van der Waals surface area contributed by atoms with Crippen molar-refractivity contribution in [3.8, 4) is 0 Å². The van der Waals surface area contributed by atoms with Crippen molar-refractivity contribution in [2.75, 3.05) is 27.2 Å². The summed E-state index contributed by atoms with van der Waals surface area (Å²) in [6.07, 6.45) is 6.85. The molecule has 1 saturated carbocycles. The Balaban J connectivity index is 2.56. The molecule has 0 aromatic heterocycles. The highest BCUT2D eigenvalue weighted by Crippen LogP contribution is 2.33. The molecule has 1 N–H and O–H groups in total. The fraction of sp³-hybridized carbons (Fsp3) is 0.933. The highest BCUT2D eigenvalue weighted by molar-refractivity contribution is 5.75. The second-order valence-corrected chi connectivity index (χ2v) is 5.80. The number of hydrogen-bond donors (Lipinski definition) is 1. The molecule has 0 aliphatic heterocycles. The maximum atomic E-state index is 11.9. The van der Waals surface area contributed by atoms with Gasteiger partial charge in [0.25, 0.3) is 0 Å². The predicted octanol–water partition coefficient (Wildman–Crippen LogP) is 2.18. The van der Waals surface area contributed by atoms with Gasteiger partial charge in [-0.25, -0.2) is 0 Å². The molecular weight excluding hydrogens is 240 g/mol. The lowest BCUT2D eigenvalue weighted by Gasteiger charge is -2.37. The first kappa shape index (κ1) is 16.4. The maximum absolute atomic E-state index is 11.9. The molecule has 0 heterocycles. The second-order valence-electron chi connectivity index (χ2n) is 5.80.